The lowest BCUT2D eigenvalue weighted by molar-refractivity contribution is -0.145. The molecule has 1 unspecified atom stereocenters. The SMILES string of the molecule is Cc1nn(C2CCOC3(CCOCC3)C2)c(C)c1I. The second-order valence-corrected chi connectivity index (χ2v) is 6.80. The minimum Gasteiger partial charge on any atom is -0.381 e. The summed E-state index contributed by atoms with van der Waals surface area (Å²) in [5, 5.41) is 4.73. The van der Waals surface area contributed by atoms with Gasteiger partial charge in [0.2, 0.25) is 0 Å². The van der Waals surface area contributed by atoms with Crippen molar-refractivity contribution in [2.75, 3.05) is 19.8 Å². The number of hydrogen-bond donors (Lipinski definition) is 0. The van der Waals surface area contributed by atoms with Crippen LogP contribution < -0.4 is 0 Å². The minimum atomic E-state index is 0.0406. The van der Waals surface area contributed by atoms with E-state index in [9.17, 15) is 0 Å². The number of nitrogens with zero attached hydrogens (tertiary/aromatic N) is 2. The summed E-state index contributed by atoms with van der Waals surface area (Å²) in [5.41, 5.74) is 2.48. The largest absolute Gasteiger partial charge is 0.381 e. The minimum absolute atomic E-state index is 0.0406. The first kappa shape index (κ1) is 13.8. The fraction of sp³-hybridized carbons (Fsp3) is 0.786. The lowest BCUT2D eigenvalue weighted by atomic mass is 9.84. The lowest BCUT2D eigenvalue weighted by Gasteiger charge is -2.43. The zero-order valence-electron chi connectivity index (χ0n) is 11.6. The average molecular weight is 376 g/mol. The van der Waals surface area contributed by atoms with Crippen molar-refractivity contribution in [1.29, 1.82) is 0 Å². The highest BCUT2D eigenvalue weighted by Crippen LogP contribution is 2.39. The summed E-state index contributed by atoms with van der Waals surface area (Å²) in [7, 11) is 0. The van der Waals surface area contributed by atoms with E-state index in [1.54, 1.807) is 0 Å². The Morgan fingerprint density at radius 1 is 1.26 bits per heavy atom. The smallest absolute Gasteiger partial charge is 0.0746 e. The van der Waals surface area contributed by atoms with Crippen molar-refractivity contribution in [2.45, 2.75) is 51.2 Å². The Morgan fingerprint density at radius 2 is 2.00 bits per heavy atom. The van der Waals surface area contributed by atoms with Crippen LogP contribution in [0.5, 0.6) is 0 Å². The fourth-order valence-electron chi connectivity index (χ4n) is 3.30. The summed E-state index contributed by atoms with van der Waals surface area (Å²) in [6.07, 6.45) is 4.20. The Hall–Kier alpha value is -0.140. The van der Waals surface area contributed by atoms with E-state index in [2.05, 4.69) is 41.1 Å². The second-order valence-electron chi connectivity index (χ2n) is 5.72. The van der Waals surface area contributed by atoms with Gasteiger partial charge in [-0.25, -0.2) is 0 Å². The molecular formula is C14H21IN2O2. The van der Waals surface area contributed by atoms with E-state index >= 15 is 0 Å². The van der Waals surface area contributed by atoms with Crippen LogP contribution in [0.25, 0.3) is 0 Å². The van der Waals surface area contributed by atoms with Crippen LogP contribution in [0, 0.1) is 17.4 Å². The summed E-state index contributed by atoms with van der Waals surface area (Å²) in [6, 6.07) is 0.481. The van der Waals surface area contributed by atoms with Crippen LogP contribution in [-0.2, 0) is 9.47 Å². The van der Waals surface area contributed by atoms with E-state index in [4.69, 9.17) is 14.6 Å². The zero-order chi connectivity index (χ0) is 13.5. The van der Waals surface area contributed by atoms with Crippen LogP contribution in [-0.4, -0.2) is 35.2 Å². The third-order valence-electron chi connectivity index (χ3n) is 4.45. The lowest BCUT2D eigenvalue weighted by Crippen LogP contribution is -2.45. The number of aromatic nitrogens is 2. The molecule has 3 rings (SSSR count). The van der Waals surface area contributed by atoms with Crippen LogP contribution in [0.4, 0.5) is 0 Å². The number of halogens is 1. The molecule has 5 heteroatoms. The molecule has 2 saturated heterocycles. The van der Waals surface area contributed by atoms with Gasteiger partial charge in [0.1, 0.15) is 0 Å². The number of ether oxygens (including phenoxy) is 2. The molecule has 2 aliphatic heterocycles. The maximum atomic E-state index is 6.11. The summed E-state index contributed by atoms with van der Waals surface area (Å²) in [6.45, 7) is 6.78. The molecule has 1 atom stereocenters. The van der Waals surface area contributed by atoms with Gasteiger partial charge < -0.3 is 9.47 Å². The highest BCUT2D eigenvalue weighted by Gasteiger charge is 2.40. The molecule has 2 fully saturated rings. The third kappa shape index (κ3) is 2.56. The molecule has 1 aromatic rings. The van der Waals surface area contributed by atoms with E-state index in [1.807, 2.05) is 0 Å². The number of hydrogen-bond acceptors (Lipinski definition) is 3. The van der Waals surface area contributed by atoms with Crippen molar-refractivity contribution in [2.24, 2.45) is 0 Å². The molecule has 3 heterocycles. The van der Waals surface area contributed by atoms with Gasteiger partial charge in [-0.15, -0.1) is 0 Å². The maximum Gasteiger partial charge on any atom is 0.0746 e. The van der Waals surface area contributed by atoms with Crippen LogP contribution in [0.3, 0.4) is 0 Å². The van der Waals surface area contributed by atoms with Crippen molar-refractivity contribution in [3.8, 4) is 0 Å². The molecule has 19 heavy (non-hydrogen) atoms. The Kier molecular flexibility index (Phi) is 3.88. The van der Waals surface area contributed by atoms with Crippen molar-refractivity contribution < 1.29 is 9.47 Å². The second kappa shape index (κ2) is 5.33. The molecule has 0 radical (unpaired) electrons. The molecule has 0 aliphatic carbocycles. The summed E-state index contributed by atoms with van der Waals surface area (Å²) < 4.78 is 15.1. The Balaban J connectivity index is 1.83. The predicted molar refractivity (Wildman–Crippen MR) is 81.4 cm³/mol. The standard InChI is InChI=1S/C14H21IN2O2/c1-10-13(15)11(2)17(16-10)12-3-6-19-14(9-12)4-7-18-8-5-14/h12H,3-9H2,1-2H3. The van der Waals surface area contributed by atoms with Crippen molar-refractivity contribution >= 4 is 22.6 Å². The zero-order valence-corrected chi connectivity index (χ0v) is 13.8. The number of rotatable bonds is 1. The van der Waals surface area contributed by atoms with Gasteiger partial charge in [-0.05, 0) is 62.1 Å². The maximum absolute atomic E-state index is 6.11. The molecule has 2 aliphatic rings. The summed E-state index contributed by atoms with van der Waals surface area (Å²) >= 11 is 2.40. The average Bonchev–Trinajstić information content (AvgIpc) is 2.68. The Bertz CT molecular complexity index is 461. The molecule has 0 amide bonds. The van der Waals surface area contributed by atoms with Gasteiger partial charge in [0.05, 0.1) is 20.9 Å². The quantitative estimate of drug-likeness (QED) is 0.707. The van der Waals surface area contributed by atoms with Crippen molar-refractivity contribution in [3.63, 3.8) is 0 Å². The number of aryl methyl sites for hydroxylation is 1. The van der Waals surface area contributed by atoms with E-state index in [0.717, 1.165) is 51.2 Å². The molecule has 1 spiro atoms. The van der Waals surface area contributed by atoms with E-state index in [-0.39, 0.29) is 5.60 Å². The fourth-order valence-corrected chi connectivity index (χ4v) is 3.66. The van der Waals surface area contributed by atoms with Crippen LogP contribution in [0.1, 0.15) is 43.1 Å². The molecule has 0 bridgehead atoms. The van der Waals surface area contributed by atoms with Crippen molar-refractivity contribution in [3.05, 3.63) is 15.0 Å². The first-order chi connectivity index (χ1) is 9.11. The molecule has 0 N–H and O–H groups in total. The molecule has 1 aromatic heterocycles. The van der Waals surface area contributed by atoms with E-state index in [1.165, 1.54) is 9.26 Å². The van der Waals surface area contributed by atoms with Gasteiger partial charge in [0.15, 0.2) is 0 Å². The summed E-state index contributed by atoms with van der Waals surface area (Å²) in [4.78, 5) is 0. The van der Waals surface area contributed by atoms with Gasteiger partial charge in [-0.3, -0.25) is 4.68 Å². The van der Waals surface area contributed by atoms with Gasteiger partial charge in [0, 0.05) is 25.5 Å². The molecule has 4 nitrogen and oxygen atoms in total. The summed E-state index contributed by atoms with van der Waals surface area (Å²) in [5.74, 6) is 0. The van der Waals surface area contributed by atoms with Crippen LogP contribution >= 0.6 is 22.6 Å². The van der Waals surface area contributed by atoms with Gasteiger partial charge in [0.25, 0.3) is 0 Å². The molecule has 106 valence electrons. The Morgan fingerprint density at radius 3 is 2.63 bits per heavy atom. The van der Waals surface area contributed by atoms with Crippen molar-refractivity contribution in [1.82, 2.24) is 9.78 Å². The highest BCUT2D eigenvalue weighted by atomic mass is 127. The first-order valence-corrected chi connectivity index (χ1v) is 8.12. The Labute approximate surface area is 128 Å². The topological polar surface area (TPSA) is 36.3 Å². The normalized spacial score (nSPS) is 26.8. The molecular weight excluding hydrogens is 355 g/mol. The highest BCUT2D eigenvalue weighted by molar-refractivity contribution is 14.1. The van der Waals surface area contributed by atoms with Crippen LogP contribution in [0.2, 0.25) is 0 Å². The predicted octanol–water partition coefficient (Wildman–Crippen LogP) is 3.01. The molecule has 0 aromatic carbocycles. The first-order valence-electron chi connectivity index (χ1n) is 7.04. The third-order valence-corrected chi connectivity index (χ3v) is 6.01. The van der Waals surface area contributed by atoms with E-state index in [0.29, 0.717) is 6.04 Å². The van der Waals surface area contributed by atoms with Gasteiger partial charge >= 0.3 is 0 Å². The monoisotopic (exact) mass is 376 g/mol. The van der Waals surface area contributed by atoms with Gasteiger partial charge in [-0.2, -0.15) is 5.10 Å². The van der Waals surface area contributed by atoms with E-state index < -0.39 is 0 Å². The van der Waals surface area contributed by atoms with Crippen LogP contribution in [0.15, 0.2) is 0 Å². The van der Waals surface area contributed by atoms with Gasteiger partial charge in [-0.1, -0.05) is 0 Å². The molecule has 0 saturated carbocycles.